The number of benzene rings is 2. The monoisotopic (exact) mass is 386 g/mol. The normalized spacial score (nSPS) is 14.3. The number of ether oxygens (including phenoxy) is 3. The van der Waals surface area contributed by atoms with Gasteiger partial charge in [0.25, 0.3) is 0 Å². The third kappa shape index (κ3) is 4.70. The van der Waals surface area contributed by atoms with E-state index < -0.39 is 17.2 Å². The summed E-state index contributed by atoms with van der Waals surface area (Å²) in [6, 6.07) is 10.2. The van der Waals surface area contributed by atoms with Gasteiger partial charge in [0.1, 0.15) is 0 Å². The second kappa shape index (κ2) is 8.59. The minimum absolute atomic E-state index is 0.142. The number of hydrogen-bond donors (Lipinski definition) is 1. The number of amides is 1. The molecule has 1 aliphatic heterocycles. The highest BCUT2D eigenvalue weighted by molar-refractivity contribution is 5.94. The van der Waals surface area contributed by atoms with Gasteiger partial charge >= 0.3 is 11.7 Å². The van der Waals surface area contributed by atoms with Crippen molar-refractivity contribution < 1.29 is 28.7 Å². The minimum atomic E-state index is -0.784. The van der Waals surface area contributed by atoms with Crippen LogP contribution < -0.4 is 10.1 Å². The van der Waals surface area contributed by atoms with Gasteiger partial charge in [0.15, 0.2) is 6.29 Å². The van der Waals surface area contributed by atoms with Crippen LogP contribution in [0.4, 0.5) is 11.4 Å². The van der Waals surface area contributed by atoms with E-state index in [0.29, 0.717) is 24.5 Å². The Morgan fingerprint density at radius 1 is 1.18 bits per heavy atom. The van der Waals surface area contributed by atoms with E-state index in [9.17, 15) is 19.7 Å². The molecule has 0 saturated carbocycles. The number of carbonyl (C=O) groups excluding carboxylic acids is 2. The van der Waals surface area contributed by atoms with Crippen LogP contribution in [0.25, 0.3) is 0 Å². The van der Waals surface area contributed by atoms with Crippen LogP contribution in [0.15, 0.2) is 42.5 Å². The summed E-state index contributed by atoms with van der Waals surface area (Å²) in [5.41, 5.74) is 0.655. The smallest absolute Gasteiger partial charge is 0.343 e. The van der Waals surface area contributed by atoms with Gasteiger partial charge in [0.05, 0.1) is 23.7 Å². The molecule has 0 aliphatic carbocycles. The molecule has 1 aliphatic rings. The predicted octanol–water partition coefficient (Wildman–Crippen LogP) is 3.21. The zero-order chi connectivity index (χ0) is 20.1. The van der Waals surface area contributed by atoms with E-state index in [-0.39, 0.29) is 22.9 Å². The minimum Gasteiger partial charge on any atom is -0.416 e. The number of carbonyl (C=O) groups is 2. The van der Waals surface area contributed by atoms with Crippen molar-refractivity contribution in [3.05, 3.63) is 63.7 Å². The summed E-state index contributed by atoms with van der Waals surface area (Å²) >= 11 is 0. The fourth-order valence-electron chi connectivity index (χ4n) is 2.68. The Morgan fingerprint density at radius 2 is 1.93 bits per heavy atom. The van der Waals surface area contributed by atoms with Crippen molar-refractivity contribution in [2.45, 2.75) is 19.6 Å². The fourth-order valence-corrected chi connectivity index (χ4v) is 2.68. The average molecular weight is 386 g/mol. The Hall–Kier alpha value is -3.30. The lowest BCUT2D eigenvalue weighted by atomic mass is 10.1. The Kier molecular flexibility index (Phi) is 5.97. The van der Waals surface area contributed by atoms with Crippen LogP contribution in [-0.4, -0.2) is 30.0 Å². The van der Waals surface area contributed by atoms with E-state index in [4.69, 9.17) is 14.2 Å². The molecule has 0 atom stereocenters. The summed E-state index contributed by atoms with van der Waals surface area (Å²) in [5.74, 6) is -1.27. The molecule has 9 heteroatoms. The number of esters is 1. The number of nitro benzene ring substituents is 1. The second-order valence-electron chi connectivity index (χ2n) is 6.06. The van der Waals surface area contributed by atoms with Gasteiger partial charge in [-0.3, -0.25) is 14.9 Å². The number of anilines is 1. The number of rotatable bonds is 5. The highest BCUT2D eigenvalue weighted by atomic mass is 16.7. The molecule has 3 rings (SSSR count). The Morgan fingerprint density at radius 3 is 2.61 bits per heavy atom. The van der Waals surface area contributed by atoms with Crippen molar-refractivity contribution in [3.8, 4) is 5.75 Å². The van der Waals surface area contributed by atoms with Crippen LogP contribution in [0, 0.1) is 10.1 Å². The highest BCUT2D eigenvalue weighted by Gasteiger charge is 2.24. The van der Waals surface area contributed by atoms with E-state index in [1.807, 2.05) is 0 Å². The summed E-state index contributed by atoms with van der Waals surface area (Å²) in [6.07, 6.45) is 0.0674. The summed E-state index contributed by atoms with van der Waals surface area (Å²) in [5, 5.41) is 14.0. The van der Waals surface area contributed by atoms with Crippen LogP contribution in [0.1, 0.15) is 35.6 Å². The van der Waals surface area contributed by atoms with Crippen molar-refractivity contribution in [1.82, 2.24) is 0 Å². The first kappa shape index (κ1) is 19.5. The molecule has 0 bridgehead atoms. The maximum Gasteiger partial charge on any atom is 0.343 e. The molecule has 0 spiro atoms. The molecule has 1 N–H and O–H groups in total. The first-order valence-corrected chi connectivity index (χ1v) is 8.55. The van der Waals surface area contributed by atoms with E-state index in [1.54, 1.807) is 18.2 Å². The first-order valence-electron chi connectivity index (χ1n) is 8.55. The molecule has 146 valence electrons. The van der Waals surface area contributed by atoms with Crippen molar-refractivity contribution >= 4 is 23.3 Å². The molecular formula is C19H18N2O7. The van der Waals surface area contributed by atoms with Gasteiger partial charge in [0.2, 0.25) is 11.7 Å². The van der Waals surface area contributed by atoms with Gasteiger partial charge < -0.3 is 19.5 Å². The van der Waals surface area contributed by atoms with Gasteiger partial charge in [-0.05, 0) is 36.8 Å². The van der Waals surface area contributed by atoms with Crippen LogP contribution in [0.2, 0.25) is 0 Å². The standard InChI is InChI=1S/C19H18N2O7/c1-12(22)20-15-5-2-4-13(10-15)18(23)28-17-7-6-14(11-16(17)21(24)25)19-26-8-3-9-27-19/h2,4-7,10-11,19H,3,8-9H2,1H3,(H,20,22). The summed E-state index contributed by atoms with van der Waals surface area (Å²) in [7, 11) is 0. The lowest BCUT2D eigenvalue weighted by molar-refractivity contribution is -0.385. The Balaban J connectivity index is 1.82. The summed E-state index contributed by atoms with van der Waals surface area (Å²) < 4.78 is 16.1. The van der Waals surface area contributed by atoms with Gasteiger partial charge in [-0.2, -0.15) is 0 Å². The first-order chi connectivity index (χ1) is 13.4. The van der Waals surface area contributed by atoms with Gasteiger partial charge in [0, 0.05) is 24.2 Å². The largest absolute Gasteiger partial charge is 0.416 e. The number of nitrogens with zero attached hydrogens (tertiary/aromatic N) is 1. The third-order valence-corrected chi connectivity index (χ3v) is 3.90. The maximum atomic E-state index is 12.4. The highest BCUT2D eigenvalue weighted by Crippen LogP contribution is 2.33. The lowest BCUT2D eigenvalue weighted by Gasteiger charge is -2.23. The van der Waals surface area contributed by atoms with E-state index in [0.717, 1.165) is 6.42 Å². The molecular weight excluding hydrogens is 368 g/mol. The summed E-state index contributed by atoms with van der Waals surface area (Å²) in [4.78, 5) is 34.4. The van der Waals surface area contributed by atoms with Gasteiger partial charge in [-0.25, -0.2) is 4.79 Å². The molecule has 0 aromatic heterocycles. The zero-order valence-corrected chi connectivity index (χ0v) is 15.0. The Bertz CT molecular complexity index is 907. The SMILES string of the molecule is CC(=O)Nc1cccc(C(=O)Oc2ccc(C3OCCCO3)cc2[N+](=O)[O-])c1. The zero-order valence-electron chi connectivity index (χ0n) is 15.0. The molecule has 1 fully saturated rings. The van der Waals surface area contributed by atoms with Crippen LogP contribution in [0.5, 0.6) is 5.75 Å². The van der Waals surface area contributed by atoms with Crippen molar-refractivity contribution in [2.75, 3.05) is 18.5 Å². The summed E-state index contributed by atoms with van der Waals surface area (Å²) in [6.45, 7) is 2.34. The van der Waals surface area contributed by atoms with Crippen LogP contribution in [0.3, 0.4) is 0 Å². The second-order valence-corrected chi connectivity index (χ2v) is 6.06. The topological polar surface area (TPSA) is 117 Å². The van der Waals surface area contributed by atoms with Gasteiger partial charge in [-0.15, -0.1) is 0 Å². The molecule has 9 nitrogen and oxygen atoms in total. The average Bonchev–Trinajstić information content (AvgIpc) is 2.68. The van der Waals surface area contributed by atoms with Crippen molar-refractivity contribution in [1.29, 1.82) is 0 Å². The van der Waals surface area contributed by atoms with E-state index >= 15 is 0 Å². The van der Waals surface area contributed by atoms with Crippen LogP contribution >= 0.6 is 0 Å². The number of nitrogens with one attached hydrogen (secondary N) is 1. The molecule has 1 amide bonds. The Labute approximate surface area is 160 Å². The molecule has 2 aromatic rings. The number of nitro groups is 1. The van der Waals surface area contributed by atoms with E-state index in [2.05, 4.69) is 5.32 Å². The maximum absolute atomic E-state index is 12.4. The van der Waals surface area contributed by atoms with E-state index in [1.165, 1.54) is 31.2 Å². The molecule has 1 heterocycles. The van der Waals surface area contributed by atoms with Crippen LogP contribution in [-0.2, 0) is 14.3 Å². The van der Waals surface area contributed by atoms with Crippen molar-refractivity contribution in [2.24, 2.45) is 0 Å². The lowest BCUT2D eigenvalue weighted by Crippen LogP contribution is -2.18. The third-order valence-electron chi connectivity index (χ3n) is 3.90. The molecule has 2 aromatic carbocycles. The predicted molar refractivity (Wildman–Crippen MR) is 98.1 cm³/mol. The fraction of sp³-hybridized carbons (Fsp3) is 0.263. The molecule has 0 unspecified atom stereocenters. The quantitative estimate of drug-likeness (QED) is 0.363. The van der Waals surface area contributed by atoms with Crippen molar-refractivity contribution in [3.63, 3.8) is 0 Å². The molecule has 0 radical (unpaired) electrons. The molecule has 1 saturated heterocycles. The number of hydrogen-bond acceptors (Lipinski definition) is 7. The van der Waals surface area contributed by atoms with Gasteiger partial charge in [-0.1, -0.05) is 6.07 Å². The molecule has 28 heavy (non-hydrogen) atoms.